The van der Waals surface area contributed by atoms with Crippen molar-refractivity contribution in [1.29, 1.82) is 0 Å². The zero-order valence-corrected chi connectivity index (χ0v) is 17.2. The van der Waals surface area contributed by atoms with E-state index in [1.54, 1.807) is 19.1 Å². The van der Waals surface area contributed by atoms with Crippen LogP contribution < -0.4 is 14.8 Å². The Morgan fingerprint density at radius 1 is 1.14 bits per heavy atom. The summed E-state index contributed by atoms with van der Waals surface area (Å²) in [6.45, 7) is 2.60. The van der Waals surface area contributed by atoms with Gasteiger partial charge in [-0.15, -0.1) is 11.3 Å². The minimum absolute atomic E-state index is 0.0244. The van der Waals surface area contributed by atoms with E-state index in [0.29, 0.717) is 35.5 Å². The van der Waals surface area contributed by atoms with Gasteiger partial charge in [0, 0.05) is 16.5 Å². The van der Waals surface area contributed by atoms with Gasteiger partial charge >= 0.3 is 0 Å². The van der Waals surface area contributed by atoms with Gasteiger partial charge in [-0.25, -0.2) is 13.4 Å². The number of anilines is 1. The Labute approximate surface area is 172 Å². The van der Waals surface area contributed by atoms with Gasteiger partial charge in [0.1, 0.15) is 13.2 Å². The molecule has 150 valence electrons. The molecular formula is C20H18N2O5S2. The highest BCUT2D eigenvalue weighted by molar-refractivity contribution is 7.91. The second-order valence-corrected chi connectivity index (χ2v) is 9.42. The van der Waals surface area contributed by atoms with Gasteiger partial charge in [-0.2, -0.15) is 0 Å². The molecular weight excluding hydrogens is 412 g/mol. The molecule has 0 unspecified atom stereocenters. The zero-order valence-electron chi connectivity index (χ0n) is 15.5. The fourth-order valence-corrected chi connectivity index (χ4v) is 4.47. The number of ether oxygens (including phenoxy) is 2. The van der Waals surface area contributed by atoms with Crippen LogP contribution in [-0.4, -0.2) is 38.3 Å². The Bertz CT molecular complexity index is 1170. The van der Waals surface area contributed by atoms with Crippen LogP contribution in [0.1, 0.15) is 17.3 Å². The molecule has 3 aromatic rings. The maximum absolute atomic E-state index is 12.5. The van der Waals surface area contributed by atoms with Crippen LogP contribution in [0.4, 0.5) is 5.13 Å². The van der Waals surface area contributed by atoms with Gasteiger partial charge in [0.05, 0.1) is 16.3 Å². The van der Waals surface area contributed by atoms with Crippen LogP contribution in [0.25, 0.3) is 11.3 Å². The second-order valence-electron chi connectivity index (χ2n) is 6.28. The molecule has 1 aliphatic rings. The lowest BCUT2D eigenvalue weighted by atomic mass is 10.1. The molecule has 1 aromatic heterocycles. The molecule has 29 heavy (non-hydrogen) atoms. The highest BCUT2D eigenvalue weighted by Crippen LogP contribution is 2.35. The smallest absolute Gasteiger partial charge is 0.257 e. The molecule has 1 N–H and O–H groups in total. The van der Waals surface area contributed by atoms with Crippen LogP contribution in [-0.2, 0) is 9.84 Å². The van der Waals surface area contributed by atoms with E-state index in [-0.39, 0.29) is 16.2 Å². The van der Waals surface area contributed by atoms with Gasteiger partial charge in [-0.3, -0.25) is 10.1 Å². The van der Waals surface area contributed by atoms with Crippen molar-refractivity contribution < 1.29 is 22.7 Å². The number of hydrogen-bond acceptors (Lipinski definition) is 7. The number of sulfone groups is 1. The van der Waals surface area contributed by atoms with Crippen molar-refractivity contribution >= 4 is 32.2 Å². The molecule has 2 heterocycles. The van der Waals surface area contributed by atoms with E-state index in [1.807, 2.05) is 23.6 Å². The van der Waals surface area contributed by atoms with Crippen LogP contribution in [0.2, 0.25) is 0 Å². The Morgan fingerprint density at radius 3 is 2.72 bits per heavy atom. The molecule has 7 nitrogen and oxygen atoms in total. The lowest BCUT2D eigenvalue weighted by Gasteiger charge is -2.18. The van der Waals surface area contributed by atoms with E-state index in [1.165, 1.54) is 23.5 Å². The topological polar surface area (TPSA) is 94.6 Å². The van der Waals surface area contributed by atoms with Crippen molar-refractivity contribution in [3.63, 3.8) is 0 Å². The first-order valence-electron chi connectivity index (χ1n) is 8.96. The summed E-state index contributed by atoms with van der Waals surface area (Å²) < 4.78 is 35.2. The van der Waals surface area contributed by atoms with Crippen molar-refractivity contribution in [1.82, 2.24) is 4.98 Å². The first-order valence-corrected chi connectivity index (χ1v) is 11.5. The van der Waals surface area contributed by atoms with Crippen LogP contribution in [0.5, 0.6) is 11.5 Å². The maximum atomic E-state index is 12.5. The largest absolute Gasteiger partial charge is 0.486 e. The molecule has 2 aromatic carbocycles. The predicted octanol–water partition coefficient (Wildman–Crippen LogP) is 3.63. The Hall–Kier alpha value is -2.91. The molecule has 0 bridgehead atoms. The summed E-state index contributed by atoms with van der Waals surface area (Å²) in [7, 11) is -3.38. The van der Waals surface area contributed by atoms with Crippen LogP contribution in [0.15, 0.2) is 52.7 Å². The molecule has 0 aliphatic carbocycles. The fourth-order valence-electron chi connectivity index (χ4n) is 2.83. The number of amides is 1. The Kier molecular flexibility index (Phi) is 5.25. The van der Waals surface area contributed by atoms with Gasteiger partial charge in [0.25, 0.3) is 5.91 Å². The van der Waals surface area contributed by atoms with Gasteiger partial charge in [-0.05, 0) is 36.4 Å². The third-order valence-corrected chi connectivity index (χ3v) is 6.89. The van der Waals surface area contributed by atoms with Crippen LogP contribution in [0, 0.1) is 0 Å². The van der Waals surface area contributed by atoms with Crippen LogP contribution >= 0.6 is 11.3 Å². The first-order chi connectivity index (χ1) is 14.0. The molecule has 1 amide bonds. The number of nitrogens with one attached hydrogen (secondary N) is 1. The summed E-state index contributed by atoms with van der Waals surface area (Å²) in [5.41, 5.74) is 1.81. The van der Waals surface area contributed by atoms with Gasteiger partial charge in [-0.1, -0.05) is 13.0 Å². The number of carbonyl (C=O) groups excluding carboxylic acids is 1. The molecule has 0 spiro atoms. The molecule has 1 aliphatic heterocycles. The zero-order chi connectivity index (χ0) is 20.4. The fraction of sp³-hybridized carbons (Fsp3) is 0.200. The average Bonchev–Trinajstić information content (AvgIpc) is 3.22. The van der Waals surface area contributed by atoms with E-state index in [9.17, 15) is 13.2 Å². The third kappa shape index (κ3) is 4.10. The molecule has 0 saturated carbocycles. The lowest BCUT2D eigenvalue weighted by Crippen LogP contribution is -2.15. The van der Waals surface area contributed by atoms with Crippen molar-refractivity contribution in [3.05, 3.63) is 53.4 Å². The number of hydrogen-bond donors (Lipinski definition) is 1. The summed E-state index contributed by atoms with van der Waals surface area (Å²) in [6, 6.07) is 11.6. The number of thiazole rings is 1. The van der Waals surface area contributed by atoms with E-state index in [2.05, 4.69) is 10.3 Å². The number of fused-ring (bicyclic) bond motifs is 1. The summed E-state index contributed by atoms with van der Waals surface area (Å²) in [4.78, 5) is 17.1. The predicted molar refractivity (Wildman–Crippen MR) is 111 cm³/mol. The van der Waals surface area contributed by atoms with Crippen molar-refractivity contribution in [2.24, 2.45) is 0 Å². The Morgan fingerprint density at radius 2 is 1.93 bits per heavy atom. The number of benzene rings is 2. The number of rotatable bonds is 5. The monoisotopic (exact) mass is 430 g/mol. The van der Waals surface area contributed by atoms with Crippen molar-refractivity contribution in [3.8, 4) is 22.8 Å². The highest BCUT2D eigenvalue weighted by Gasteiger charge is 2.17. The van der Waals surface area contributed by atoms with Crippen LogP contribution in [0.3, 0.4) is 0 Å². The quantitative estimate of drug-likeness (QED) is 0.664. The summed E-state index contributed by atoms with van der Waals surface area (Å²) in [5.74, 6) is 0.928. The number of nitrogens with zero attached hydrogens (tertiary/aromatic N) is 1. The molecule has 0 saturated heterocycles. The van der Waals surface area contributed by atoms with Gasteiger partial charge in [0.15, 0.2) is 26.5 Å². The molecule has 0 fully saturated rings. The minimum atomic E-state index is -3.38. The molecule has 9 heteroatoms. The van der Waals surface area contributed by atoms with Crippen molar-refractivity contribution in [2.45, 2.75) is 11.8 Å². The lowest BCUT2D eigenvalue weighted by molar-refractivity contribution is 0.102. The summed E-state index contributed by atoms with van der Waals surface area (Å²) in [6.07, 6.45) is 0. The minimum Gasteiger partial charge on any atom is -0.486 e. The van der Waals surface area contributed by atoms with Crippen molar-refractivity contribution in [2.75, 3.05) is 24.3 Å². The normalized spacial score (nSPS) is 13.1. The van der Waals surface area contributed by atoms with E-state index >= 15 is 0 Å². The van der Waals surface area contributed by atoms with E-state index in [0.717, 1.165) is 5.56 Å². The summed E-state index contributed by atoms with van der Waals surface area (Å²) >= 11 is 1.29. The molecule has 4 rings (SSSR count). The van der Waals surface area contributed by atoms with Gasteiger partial charge < -0.3 is 9.47 Å². The standard InChI is InChI=1S/C20H18N2O5S2/c1-2-29(24,25)15-5-3-4-14(10-15)19(23)22-20-21-16(12-28-20)13-6-7-17-18(11-13)27-9-8-26-17/h3-7,10-12H,2,8-9H2,1H3,(H,21,22,23). The molecule has 0 atom stereocenters. The second kappa shape index (κ2) is 7.84. The Balaban J connectivity index is 1.52. The number of carbonyl (C=O) groups is 1. The van der Waals surface area contributed by atoms with E-state index < -0.39 is 15.7 Å². The molecule has 0 radical (unpaired) electrons. The highest BCUT2D eigenvalue weighted by atomic mass is 32.2. The third-order valence-electron chi connectivity index (χ3n) is 4.40. The number of aromatic nitrogens is 1. The first kappa shape index (κ1) is 19.4. The maximum Gasteiger partial charge on any atom is 0.257 e. The van der Waals surface area contributed by atoms with Gasteiger partial charge in [0.2, 0.25) is 0 Å². The SMILES string of the molecule is CCS(=O)(=O)c1cccc(C(=O)Nc2nc(-c3ccc4c(c3)OCCO4)cs2)c1. The van der Waals surface area contributed by atoms with E-state index in [4.69, 9.17) is 9.47 Å². The average molecular weight is 431 g/mol. The summed E-state index contributed by atoms with van der Waals surface area (Å²) in [5, 5.41) is 4.98.